The van der Waals surface area contributed by atoms with Crippen LogP contribution < -0.4 is 10.9 Å². The van der Waals surface area contributed by atoms with Gasteiger partial charge in [-0.15, -0.1) is 0 Å². The van der Waals surface area contributed by atoms with Gasteiger partial charge < -0.3 is 10.2 Å². The Morgan fingerprint density at radius 2 is 1.68 bits per heavy atom. The number of carbonyl (C=O) groups excluding carboxylic acids is 1. The van der Waals surface area contributed by atoms with E-state index in [-0.39, 0.29) is 11.6 Å². The number of amides is 2. The average molecular weight is 459 g/mol. The number of hydrogen-bond acceptors (Lipinski definition) is 3. The molecule has 1 heterocycles. The Hall–Kier alpha value is -4.00. The van der Waals surface area contributed by atoms with Crippen LogP contribution in [0.4, 0.5) is 14.9 Å². The van der Waals surface area contributed by atoms with Gasteiger partial charge in [0.25, 0.3) is 5.56 Å². The lowest BCUT2D eigenvalue weighted by atomic mass is 10.1. The van der Waals surface area contributed by atoms with Crippen molar-refractivity contribution in [3.05, 3.63) is 99.9 Å². The molecule has 0 aliphatic rings. The molecule has 0 radical (unpaired) electrons. The molecule has 0 aliphatic carbocycles. The van der Waals surface area contributed by atoms with Crippen molar-refractivity contribution in [2.24, 2.45) is 0 Å². The standard InChI is InChI=1S/C27H27FN4O2/c1-5-31(27(34)30-24-17(2)9-8-10-18(24)3)19(4)25-29-23-12-7-6-11-22(23)26(33)32(25)21-15-13-20(28)14-16-21/h6-16,19H,5H2,1-4H3,(H,30,34). The maximum Gasteiger partial charge on any atom is 0.322 e. The minimum Gasteiger partial charge on any atom is -0.315 e. The molecule has 0 fully saturated rings. The molecule has 2 amide bonds. The van der Waals surface area contributed by atoms with E-state index < -0.39 is 11.9 Å². The highest BCUT2D eigenvalue weighted by molar-refractivity contribution is 5.91. The van der Waals surface area contributed by atoms with Crippen LogP contribution >= 0.6 is 0 Å². The third-order valence-corrected chi connectivity index (χ3v) is 6.04. The highest BCUT2D eigenvalue weighted by Crippen LogP contribution is 2.25. The van der Waals surface area contributed by atoms with Crippen molar-refractivity contribution in [1.29, 1.82) is 0 Å². The average Bonchev–Trinajstić information content (AvgIpc) is 2.82. The molecule has 7 heteroatoms. The van der Waals surface area contributed by atoms with Gasteiger partial charge in [-0.3, -0.25) is 9.36 Å². The van der Waals surface area contributed by atoms with Crippen molar-refractivity contribution in [1.82, 2.24) is 14.5 Å². The number of nitrogens with one attached hydrogen (secondary N) is 1. The Labute approximate surface area is 197 Å². The lowest BCUT2D eigenvalue weighted by Crippen LogP contribution is -2.40. The number of hydrogen-bond donors (Lipinski definition) is 1. The molecular formula is C27H27FN4O2. The number of nitrogens with zero attached hydrogens (tertiary/aromatic N) is 3. The van der Waals surface area contributed by atoms with Crippen molar-refractivity contribution in [3.63, 3.8) is 0 Å². The van der Waals surface area contributed by atoms with Gasteiger partial charge in [0.2, 0.25) is 0 Å². The molecule has 1 atom stereocenters. The van der Waals surface area contributed by atoms with Gasteiger partial charge in [0.1, 0.15) is 11.6 Å². The molecule has 4 rings (SSSR count). The fourth-order valence-corrected chi connectivity index (χ4v) is 4.19. The van der Waals surface area contributed by atoms with Gasteiger partial charge in [0, 0.05) is 12.2 Å². The van der Waals surface area contributed by atoms with Gasteiger partial charge >= 0.3 is 6.03 Å². The second-order valence-electron chi connectivity index (χ2n) is 8.26. The van der Waals surface area contributed by atoms with Crippen molar-refractivity contribution in [2.75, 3.05) is 11.9 Å². The summed E-state index contributed by atoms with van der Waals surface area (Å²) in [5.74, 6) is -0.00266. The van der Waals surface area contributed by atoms with Crippen LogP contribution in [-0.4, -0.2) is 27.0 Å². The van der Waals surface area contributed by atoms with Crippen LogP contribution in [-0.2, 0) is 0 Å². The van der Waals surface area contributed by atoms with Crippen molar-refractivity contribution in [2.45, 2.75) is 33.7 Å². The summed E-state index contributed by atoms with van der Waals surface area (Å²) in [4.78, 5) is 33.3. The molecule has 0 aliphatic heterocycles. The second-order valence-corrected chi connectivity index (χ2v) is 8.26. The normalized spacial score (nSPS) is 11.9. The minimum absolute atomic E-state index is 0.273. The van der Waals surface area contributed by atoms with Crippen molar-refractivity contribution < 1.29 is 9.18 Å². The Balaban J connectivity index is 1.82. The predicted molar refractivity (Wildman–Crippen MR) is 133 cm³/mol. The molecule has 174 valence electrons. The van der Waals surface area contributed by atoms with E-state index >= 15 is 0 Å². The van der Waals surface area contributed by atoms with E-state index in [2.05, 4.69) is 5.32 Å². The highest BCUT2D eigenvalue weighted by atomic mass is 19.1. The molecule has 4 aromatic rings. The second kappa shape index (κ2) is 9.47. The third-order valence-electron chi connectivity index (χ3n) is 6.04. The van der Waals surface area contributed by atoms with Crippen LogP contribution in [0.1, 0.15) is 36.8 Å². The summed E-state index contributed by atoms with van der Waals surface area (Å²) < 4.78 is 15.1. The highest BCUT2D eigenvalue weighted by Gasteiger charge is 2.26. The fourth-order valence-electron chi connectivity index (χ4n) is 4.19. The van der Waals surface area contributed by atoms with Gasteiger partial charge in [0.15, 0.2) is 0 Å². The largest absolute Gasteiger partial charge is 0.322 e. The molecule has 0 saturated carbocycles. The molecule has 0 bridgehead atoms. The smallest absolute Gasteiger partial charge is 0.315 e. The predicted octanol–water partition coefficient (Wildman–Crippen LogP) is 5.76. The molecule has 6 nitrogen and oxygen atoms in total. The quantitative estimate of drug-likeness (QED) is 0.414. The van der Waals surface area contributed by atoms with E-state index in [9.17, 15) is 14.0 Å². The molecular weight excluding hydrogens is 431 g/mol. The van der Waals surface area contributed by atoms with Gasteiger partial charge in [-0.05, 0) is 75.2 Å². The van der Waals surface area contributed by atoms with E-state index in [0.29, 0.717) is 29.0 Å². The number of benzene rings is 3. The van der Waals surface area contributed by atoms with E-state index in [4.69, 9.17) is 4.98 Å². The number of urea groups is 1. The molecule has 1 unspecified atom stereocenters. The Bertz CT molecular complexity index is 1390. The Kier molecular flexibility index (Phi) is 6.45. The SMILES string of the molecule is CCN(C(=O)Nc1c(C)cccc1C)C(C)c1nc2ccccc2c(=O)n1-c1ccc(F)cc1. The van der Waals surface area contributed by atoms with Crippen LogP contribution in [0.3, 0.4) is 0 Å². The van der Waals surface area contributed by atoms with Gasteiger partial charge in [0.05, 0.1) is 22.6 Å². The molecule has 1 N–H and O–H groups in total. The number of halogens is 1. The van der Waals surface area contributed by atoms with E-state index in [1.807, 2.05) is 52.0 Å². The zero-order chi connectivity index (χ0) is 24.4. The third kappa shape index (κ3) is 4.29. The molecule has 0 saturated heterocycles. The first-order valence-electron chi connectivity index (χ1n) is 11.2. The summed E-state index contributed by atoms with van der Waals surface area (Å²) in [6, 6.07) is 17.8. The summed E-state index contributed by atoms with van der Waals surface area (Å²) >= 11 is 0. The van der Waals surface area contributed by atoms with E-state index in [0.717, 1.165) is 16.8 Å². The molecule has 1 aromatic heterocycles. The molecule has 0 spiro atoms. The maximum absolute atomic E-state index is 13.6. The van der Waals surface area contributed by atoms with Crippen molar-refractivity contribution >= 4 is 22.6 Å². The summed E-state index contributed by atoms with van der Waals surface area (Å²) in [6.45, 7) is 8.00. The summed E-state index contributed by atoms with van der Waals surface area (Å²) in [6.07, 6.45) is 0. The lowest BCUT2D eigenvalue weighted by molar-refractivity contribution is 0.193. The molecule has 34 heavy (non-hydrogen) atoms. The summed E-state index contributed by atoms with van der Waals surface area (Å²) in [5, 5.41) is 3.47. The molecule has 3 aromatic carbocycles. The van der Waals surface area contributed by atoms with Gasteiger partial charge in [-0.25, -0.2) is 14.2 Å². The lowest BCUT2D eigenvalue weighted by Gasteiger charge is -2.30. The number of rotatable bonds is 5. The number of para-hydroxylation sites is 2. The van der Waals surface area contributed by atoms with Crippen LogP contribution in [0, 0.1) is 19.7 Å². The number of aryl methyl sites for hydroxylation is 2. The van der Waals surface area contributed by atoms with Gasteiger partial charge in [-0.2, -0.15) is 0 Å². The number of anilines is 1. The number of aromatic nitrogens is 2. The topological polar surface area (TPSA) is 67.2 Å². The monoisotopic (exact) mass is 458 g/mol. The van der Waals surface area contributed by atoms with Crippen LogP contribution in [0.2, 0.25) is 0 Å². The van der Waals surface area contributed by atoms with Crippen LogP contribution in [0.15, 0.2) is 71.5 Å². The Morgan fingerprint density at radius 1 is 1.03 bits per heavy atom. The van der Waals surface area contributed by atoms with Crippen LogP contribution in [0.5, 0.6) is 0 Å². The van der Waals surface area contributed by atoms with Crippen LogP contribution in [0.25, 0.3) is 16.6 Å². The zero-order valence-electron chi connectivity index (χ0n) is 19.7. The minimum atomic E-state index is -0.545. The fraction of sp³-hybridized carbons (Fsp3) is 0.222. The van der Waals surface area contributed by atoms with Gasteiger partial charge in [-0.1, -0.05) is 30.3 Å². The van der Waals surface area contributed by atoms with E-state index in [1.165, 1.54) is 28.8 Å². The number of carbonyl (C=O) groups is 1. The summed E-state index contributed by atoms with van der Waals surface area (Å²) in [7, 11) is 0. The Morgan fingerprint density at radius 3 is 2.32 bits per heavy atom. The first kappa shape index (κ1) is 23.2. The van der Waals surface area contributed by atoms with Crippen molar-refractivity contribution in [3.8, 4) is 5.69 Å². The first-order valence-corrected chi connectivity index (χ1v) is 11.2. The zero-order valence-corrected chi connectivity index (χ0v) is 19.7. The first-order chi connectivity index (χ1) is 16.3. The number of fused-ring (bicyclic) bond motifs is 1. The maximum atomic E-state index is 13.6. The summed E-state index contributed by atoms with van der Waals surface area (Å²) in [5.41, 5.74) is 3.44. The van der Waals surface area contributed by atoms with E-state index in [1.54, 1.807) is 23.1 Å².